The quantitative estimate of drug-likeness (QED) is 0.203. The third-order valence-electron chi connectivity index (χ3n) is 6.85. The molecule has 11 heteroatoms. The van der Waals surface area contributed by atoms with E-state index >= 15 is 0 Å². The standard InChI is InChI=1S/C34H36N6O5/c1-22-11-10-14-24(17-22)21-40(6)30(41)25-18-26(28-35-15-16-43-28)36-27(19-25)29-38-39-31(44-29)34(5,20-23-12-8-7-9-13-23)45-32(42)37-33(2,3)4/h7-19H,20-21H2,1-6H3,(H,37,42)/t34-/m1/s1. The van der Waals surface area contributed by atoms with Gasteiger partial charge in [0.1, 0.15) is 17.7 Å². The highest BCUT2D eigenvalue weighted by Crippen LogP contribution is 2.32. The fraction of sp³-hybridized carbons (Fsp3) is 0.294. The summed E-state index contributed by atoms with van der Waals surface area (Å²) in [5, 5.41) is 11.4. The van der Waals surface area contributed by atoms with Crippen molar-refractivity contribution in [1.29, 1.82) is 0 Å². The lowest BCUT2D eigenvalue weighted by Crippen LogP contribution is -2.45. The Bertz CT molecular complexity index is 1780. The summed E-state index contributed by atoms with van der Waals surface area (Å²) in [6, 6.07) is 20.7. The maximum Gasteiger partial charge on any atom is 0.408 e. The Balaban J connectivity index is 1.50. The van der Waals surface area contributed by atoms with Gasteiger partial charge in [0.15, 0.2) is 5.60 Å². The molecule has 232 valence electrons. The maximum atomic E-state index is 13.7. The molecule has 3 heterocycles. The minimum atomic E-state index is -1.32. The number of nitrogens with one attached hydrogen (secondary N) is 1. The molecule has 2 amide bonds. The average molecular weight is 609 g/mol. The van der Waals surface area contributed by atoms with Crippen molar-refractivity contribution in [3.05, 3.63) is 107 Å². The number of rotatable bonds is 9. The van der Waals surface area contributed by atoms with Gasteiger partial charge in [-0.05, 0) is 57.9 Å². The normalized spacial score (nSPS) is 12.8. The summed E-state index contributed by atoms with van der Waals surface area (Å²) in [6.07, 6.45) is 2.56. The highest BCUT2D eigenvalue weighted by Gasteiger charge is 2.38. The second kappa shape index (κ2) is 12.7. The molecular formula is C34H36N6O5. The van der Waals surface area contributed by atoms with Crippen LogP contribution in [0.2, 0.25) is 0 Å². The van der Waals surface area contributed by atoms with Gasteiger partial charge in [0.2, 0.25) is 5.89 Å². The van der Waals surface area contributed by atoms with E-state index in [0.717, 1.165) is 16.7 Å². The zero-order valence-electron chi connectivity index (χ0n) is 26.2. The number of oxazole rings is 1. The van der Waals surface area contributed by atoms with Crippen LogP contribution in [0.5, 0.6) is 0 Å². The van der Waals surface area contributed by atoms with Gasteiger partial charge >= 0.3 is 6.09 Å². The fourth-order valence-electron chi connectivity index (χ4n) is 4.82. The number of alkyl carbamates (subject to hydrolysis) is 1. The van der Waals surface area contributed by atoms with Crippen molar-refractivity contribution in [1.82, 2.24) is 30.4 Å². The number of carbonyl (C=O) groups excluding carboxylic acids is 2. The van der Waals surface area contributed by atoms with Gasteiger partial charge < -0.3 is 23.8 Å². The number of nitrogens with zero attached hydrogens (tertiary/aromatic N) is 5. The van der Waals surface area contributed by atoms with Crippen LogP contribution < -0.4 is 5.32 Å². The number of benzene rings is 2. The number of carbonyl (C=O) groups is 2. The first-order chi connectivity index (χ1) is 21.4. The molecule has 1 N–H and O–H groups in total. The zero-order valence-corrected chi connectivity index (χ0v) is 26.2. The Morgan fingerprint density at radius 2 is 1.62 bits per heavy atom. The van der Waals surface area contributed by atoms with Crippen molar-refractivity contribution < 1.29 is 23.2 Å². The minimum Gasteiger partial charge on any atom is -0.443 e. The van der Waals surface area contributed by atoms with Crippen LogP contribution in [0.15, 0.2) is 88.0 Å². The van der Waals surface area contributed by atoms with Crippen molar-refractivity contribution in [3.63, 3.8) is 0 Å². The molecule has 5 aromatic rings. The first-order valence-corrected chi connectivity index (χ1v) is 14.5. The Morgan fingerprint density at radius 3 is 2.29 bits per heavy atom. The van der Waals surface area contributed by atoms with Gasteiger partial charge in [0, 0.05) is 31.1 Å². The summed E-state index contributed by atoms with van der Waals surface area (Å²) >= 11 is 0. The summed E-state index contributed by atoms with van der Waals surface area (Å²) in [4.78, 5) is 37.0. The molecule has 45 heavy (non-hydrogen) atoms. The molecule has 2 aromatic carbocycles. The molecule has 0 aliphatic carbocycles. The highest BCUT2D eigenvalue weighted by atomic mass is 16.6. The molecule has 0 spiro atoms. The second-order valence-corrected chi connectivity index (χ2v) is 12.2. The first kappa shape index (κ1) is 31.1. The lowest BCUT2D eigenvalue weighted by molar-refractivity contribution is -0.00123. The molecule has 3 aromatic heterocycles. The summed E-state index contributed by atoms with van der Waals surface area (Å²) in [5.74, 6) is 0.0815. The molecular weight excluding hydrogens is 572 g/mol. The van der Waals surface area contributed by atoms with Crippen LogP contribution in [0, 0.1) is 6.92 Å². The van der Waals surface area contributed by atoms with Gasteiger partial charge in [-0.3, -0.25) is 4.79 Å². The van der Waals surface area contributed by atoms with E-state index in [1.54, 1.807) is 31.0 Å². The predicted octanol–water partition coefficient (Wildman–Crippen LogP) is 6.35. The van der Waals surface area contributed by atoms with E-state index in [0.29, 0.717) is 17.8 Å². The lowest BCUT2D eigenvalue weighted by Gasteiger charge is -2.29. The van der Waals surface area contributed by atoms with E-state index in [9.17, 15) is 9.59 Å². The molecule has 0 fully saturated rings. The molecule has 11 nitrogen and oxygen atoms in total. The zero-order chi connectivity index (χ0) is 32.2. The number of amides is 2. The van der Waals surface area contributed by atoms with Crippen LogP contribution in [0.1, 0.15) is 60.6 Å². The van der Waals surface area contributed by atoms with Gasteiger partial charge in [0.05, 0.1) is 6.20 Å². The Hall–Kier alpha value is -5.32. The van der Waals surface area contributed by atoms with E-state index in [1.165, 1.54) is 12.5 Å². The monoisotopic (exact) mass is 608 g/mol. The molecule has 5 rings (SSSR count). The van der Waals surface area contributed by atoms with Crippen molar-refractivity contribution in [2.45, 2.75) is 58.7 Å². The topological polar surface area (TPSA) is 136 Å². The lowest BCUT2D eigenvalue weighted by atomic mass is 9.96. The highest BCUT2D eigenvalue weighted by molar-refractivity contribution is 5.95. The Kier molecular flexibility index (Phi) is 8.80. The summed E-state index contributed by atoms with van der Waals surface area (Å²) in [6.45, 7) is 9.70. The Labute approximate surface area is 261 Å². The van der Waals surface area contributed by atoms with Crippen molar-refractivity contribution in [2.75, 3.05) is 7.05 Å². The van der Waals surface area contributed by atoms with E-state index < -0.39 is 17.2 Å². The number of hydrogen-bond acceptors (Lipinski definition) is 9. The molecule has 0 aliphatic heterocycles. The summed E-state index contributed by atoms with van der Waals surface area (Å²) in [7, 11) is 1.73. The Morgan fingerprint density at radius 1 is 0.911 bits per heavy atom. The molecule has 0 unspecified atom stereocenters. The van der Waals surface area contributed by atoms with E-state index in [1.807, 2.05) is 82.3 Å². The van der Waals surface area contributed by atoms with Crippen LogP contribution in [-0.2, 0) is 23.3 Å². The molecule has 0 aliphatic rings. The second-order valence-electron chi connectivity index (χ2n) is 12.2. The van der Waals surface area contributed by atoms with Crippen LogP contribution in [0.3, 0.4) is 0 Å². The van der Waals surface area contributed by atoms with Gasteiger partial charge in [-0.1, -0.05) is 60.2 Å². The minimum absolute atomic E-state index is 0.0351. The predicted molar refractivity (Wildman–Crippen MR) is 167 cm³/mol. The molecule has 1 atom stereocenters. The fourth-order valence-corrected chi connectivity index (χ4v) is 4.82. The number of aromatic nitrogens is 4. The number of ether oxygens (including phenoxy) is 1. The van der Waals surface area contributed by atoms with Crippen LogP contribution in [0.4, 0.5) is 4.79 Å². The van der Waals surface area contributed by atoms with E-state index in [2.05, 4.69) is 25.5 Å². The smallest absolute Gasteiger partial charge is 0.408 e. The number of hydrogen-bond donors (Lipinski definition) is 1. The van der Waals surface area contributed by atoms with Crippen molar-refractivity contribution >= 4 is 12.0 Å². The molecule has 0 radical (unpaired) electrons. The van der Waals surface area contributed by atoms with Gasteiger partial charge in [0.25, 0.3) is 17.7 Å². The van der Waals surface area contributed by atoms with Gasteiger partial charge in [-0.25, -0.2) is 14.8 Å². The van der Waals surface area contributed by atoms with Crippen LogP contribution in [0.25, 0.3) is 23.2 Å². The summed E-state index contributed by atoms with van der Waals surface area (Å²) in [5.41, 5.74) is 2.04. The van der Waals surface area contributed by atoms with Gasteiger partial charge in [-0.2, -0.15) is 0 Å². The molecule has 0 saturated carbocycles. The molecule has 0 saturated heterocycles. The van der Waals surface area contributed by atoms with E-state index in [4.69, 9.17) is 13.6 Å². The van der Waals surface area contributed by atoms with Gasteiger partial charge in [-0.15, -0.1) is 10.2 Å². The van der Waals surface area contributed by atoms with Crippen LogP contribution in [-0.4, -0.2) is 49.7 Å². The average Bonchev–Trinajstić information content (AvgIpc) is 3.70. The molecule has 0 bridgehead atoms. The van der Waals surface area contributed by atoms with E-state index in [-0.39, 0.29) is 35.7 Å². The number of pyridine rings is 1. The van der Waals surface area contributed by atoms with Crippen molar-refractivity contribution in [2.24, 2.45) is 0 Å². The first-order valence-electron chi connectivity index (χ1n) is 14.5. The van der Waals surface area contributed by atoms with Crippen LogP contribution >= 0.6 is 0 Å². The maximum absolute atomic E-state index is 13.7. The third-order valence-corrected chi connectivity index (χ3v) is 6.85. The van der Waals surface area contributed by atoms with Crippen molar-refractivity contribution in [3.8, 4) is 23.2 Å². The summed E-state index contributed by atoms with van der Waals surface area (Å²) < 4.78 is 17.6. The largest absolute Gasteiger partial charge is 0.443 e. The number of aryl methyl sites for hydroxylation is 1. The SMILES string of the molecule is Cc1cccc(CN(C)C(=O)c2cc(-c3ncco3)nc(-c3nnc([C@@](C)(Cc4ccccc4)OC(=O)NC(C)(C)C)o3)c2)c1. The third kappa shape index (κ3) is 7.80.